The molecule has 4 rings (SSSR count). The summed E-state index contributed by atoms with van der Waals surface area (Å²) in [5, 5.41) is 1.31. The topological polar surface area (TPSA) is 35.2 Å². The maximum Gasteiger partial charge on any atom is 0.0624 e. The summed E-state index contributed by atoms with van der Waals surface area (Å²) in [7, 11) is 2.20. The number of nitrogens with one attached hydrogen (secondary N) is 1. The molecule has 0 aliphatic carbocycles. The van der Waals surface area contributed by atoms with Gasteiger partial charge in [-0.05, 0) is 36.4 Å². The minimum Gasteiger partial charge on any atom is -0.361 e. The van der Waals surface area contributed by atoms with Gasteiger partial charge in [0.2, 0.25) is 0 Å². The summed E-state index contributed by atoms with van der Waals surface area (Å²) in [6, 6.07) is 13.1. The SMILES string of the molecule is CN1CCN(C(c2ccncc2)c2c[nH]c3ccccc23)CC1. The van der Waals surface area contributed by atoms with E-state index in [4.69, 9.17) is 0 Å². The predicted molar refractivity (Wildman–Crippen MR) is 93.4 cm³/mol. The smallest absolute Gasteiger partial charge is 0.0624 e. The molecule has 0 radical (unpaired) electrons. The molecule has 3 heterocycles. The Labute approximate surface area is 136 Å². The van der Waals surface area contributed by atoms with Crippen molar-refractivity contribution in [3.63, 3.8) is 0 Å². The van der Waals surface area contributed by atoms with Crippen LogP contribution in [-0.2, 0) is 0 Å². The molecule has 1 N–H and O–H groups in total. The van der Waals surface area contributed by atoms with Gasteiger partial charge in [-0.25, -0.2) is 0 Å². The number of hydrogen-bond donors (Lipinski definition) is 1. The number of fused-ring (bicyclic) bond motifs is 1. The molecule has 0 amide bonds. The maximum absolute atomic E-state index is 4.19. The zero-order chi connectivity index (χ0) is 15.6. The van der Waals surface area contributed by atoms with E-state index in [0.29, 0.717) is 0 Å². The Morgan fingerprint density at radius 1 is 1.00 bits per heavy atom. The quantitative estimate of drug-likeness (QED) is 0.808. The van der Waals surface area contributed by atoms with Crippen LogP contribution in [0.25, 0.3) is 10.9 Å². The normalized spacial score (nSPS) is 18.3. The van der Waals surface area contributed by atoms with Crippen molar-refractivity contribution in [1.82, 2.24) is 19.8 Å². The third kappa shape index (κ3) is 2.76. The number of likely N-dealkylation sites (N-methyl/N-ethyl adjacent to an activating group) is 1. The molecule has 0 bridgehead atoms. The van der Waals surface area contributed by atoms with Crippen LogP contribution in [0.2, 0.25) is 0 Å². The lowest BCUT2D eigenvalue weighted by molar-refractivity contribution is 0.128. The molecule has 1 aliphatic heterocycles. The Balaban J connectivity index is 1.79. The molecule has 4 heteroatoms. The first-order chi connectivity index (χ1) is 11.3. The molecular formula is C19H22N4. The lowest BCUT2D eigenvalue weighted by atomic mass is 9.96. The molecule has 2 aromatic heterocycles. The van der Waals surface area contributed by atoms with E-state index in [1.54, 1.807) is 0 Å². The summed E-state index contributed by atoms with van der Waals surface area (Å²) in [5.74, 6) is 0. The van der Waals surface area contributed by atoms with Gasteiger partial charge in [0.05, 0.1) is 6.04 Å². The highest BCUT2D eigenvalue weighted by Crippen LogP contribution is 2.33. The fourth-order valence-corrected chi connectivity index (χ4v) is 3.53. The van der Waals surface area contributed by atoms with Gasteiger partial charge in [0.15, 0.2) is 0 Å². The Kier molecular flexibility index (Phi) is 3.85. The average Bonchev–Trinajstić information content (AvgIpc) is 3.02. The number of hydrogen-bond acceptors (Lipinski definition) is 3. The number of nitrogens with zero attached hydrogens (tertiary/aromatic N) is 3. The van der Waals surface area contributed by atoms with Crippen LogP contribution >= 0.6 is 0 Å². The fourth-order valence-electron chi connectivity index (χ4n) is 3.53. The van der Waals surface area contributed by atoms with Gasteiger partial charge in [-0.2, -0.15) is 0 Å². The van der Waals surface area contributed by atoms with Crippen molar-refractivity contribution in [2.75, 3.05) is 33.2 Å². The molecule has 0 saturated carbocycles. The van der Waals surface area contributed by atoms with Crippen LogP contribution < -0.4 is 0 Å². The number of aromatic amines is 1. The number of rotatable bonds is 3. The minimum absolute atomic E-state index is 0.280. The zero-order valence-electron chi connectivity index (χ0n) is 13.4. The van der Waals surface area contributed by atoms with Gasteiger partial charge in [0, 0.05) is 55.7 Å². The van der Waals surface area contributed by atoms with E-state index in [0.717, 1.165) is 26.2 Å². The molecule has 118 valence electrons. The van der Waals surface area contributed by atoms with E-state index >= 15 is 0 Å². The molecule has 4 nitrogen and oxygen atoms in total. The average molecular weight is 306 g/mol. The number of para-hydroxylation sites is 1. The van der Waals surface area contributed by atoms with Gasteiger partial charge in [-0.1, -0.05) is 18.2 Å². The van der Waals surface area contributed by atoms with Gasteiger partial charge in [0.1, 0.15) is 0 Å². The van der Waals surface area contributed by atoms with Gasteiger partial charge in [0.25, 0.3) is 0 Å². The molecule has 1 fully saturated rings. The molecule has 0 spiro atoms. The fraction of sp³-hybridized carbons (Fsp3) is 0.316. The number of H-pyrrole nitrogens is 1. The monoisotopic (exact) mass is 306 g/mol. The van der Waals surface area contributed by atoms with Crippen LogP contribution in [0, 0.1) is 0 Å². The zero-order valence-corrected chi connectivity index (χ0v) is 13.4. The third-order valence-electron chi connectivity index (χ3n) is 4.84. The summed E-state index contributed by atoms with van der Waals surface area (Å²) >= 11 is 0. The van der Waals surface area contributed by atoms with Crippen LogP contribution in [0.5, 0.6) is 0 Å². The van der Waals surface area contributed by atoms with Crippen molar-refractivity contribution in [2.24, 2.45) is 0 Å². The Morgan fingerprint density at radius 2 is 1.74 bits per heavy atom. The van der Waals surface area contributed by atoms with Crippen LogP contribution in [0.1, 0.15) is 17.2 Å². The molecule has 23 heavy (non-hydrogen) atoms. The first kappa shape index (κ1) is 14.4. The highest BCUT2D eigenvalue weighted by atomic mass is 15.3. The van der Waals surface area contributed by atoms with Crippen LogP contribution in [-0.4, -0.2) is 53.0 Å². The Hall–Kier alpha value is -2.17. The first-order valence-electron chi connectivity index (χ1n) is 8.21. The van der Waals surface area contributed by atoms with Crippen LogP contribution in [0.15, 0.2) is 55.0 Å². The Morgan fingerprint density at radius 3 is 2.52 bits per heavy atom. The number of piperazine rings is 1. The van der Waals surface area contributed by atoms with Crippen molar-refractivity contribution in [3.8, 4) is 0 Å². The molecule has 1 saturated heterocycles. The molecule has 1 aromatic carbocycles. The summed E-state index contributed by atoms with van der Waals surface area (Å²) in [5.41, 5.74) is 3.88. The summed E-state index contributed by atoms with van der Waals surface area (Å²) < 4.78 is 0. The highest BCUT2D eigenvalue weighted by Gasteiger charge is 2.27. The second-order valence-corrected chi connectivity index (χ2v) is 6.31. The van der Waals surface area contributed by atoms with E-state index in [1.807, 2.05) is 12.4 Å². The van der Waals surface area contributed by atoms with E-state index < -0.39 is 0 Å². The second kappa shape index (κ2) is 6.14. The van der Waals surface area contributed by atoms with Crippen molar-refractivity contribution in [2.45, 2.75) is 6.04 Å². The van der Waals surface area contributed by atoms with Crippen molar-refractivity contribution in [3.05, 3.63) is 66.1 Å². The van der Waals surface area contributed by atoms with Crippen LogP contribution in [0.3, 0.4) is 0 Å². The lowest BCUT2D eigenvalue weighted by Crippen LogP contribution is -2.46. The third-order valence-corrected chi connectivity index (χ3v) is 4.84. The van der Waals surface area contributed by atoms with Gasteiger partial charge < -0.3 is 9.88 Å². The van der Waals surface area contributed by atoms with Crippen molar-refractivity contribution in [1.29, 1.82) is 0 Å². The largest absolute Gasteiger partial charge is 0.361 e. The first-order valence-corrected chi connectivity index (χ1v) is 8.21. The molecule has 3 aromatic rings. The number of benzene rings is 1. The van der Waals surface area contributed by atoms with Crippen LogP contribution in [0.4, 0.5) is 0 Å². The standard InChI is InChI=1S/C19H22N4/c1-22-10-12-23(13-11-22)19(15-6-8-20-9-7-15)17-14-21-18-5-3-2-4-16(17)18/h2-9,14,19,21H,10-13H2,1H3. The Bertz CT molecular complexity index is 772. The van der Waals surface area contributed by atoms with Gasteiger partial charge >= 0.3 is 0 Å². The molecular weight excluding hydrogens is 284 g/mol. The van der Waals surface area contributed by atoms with E-state index in [-0.39, 0.29) is 6.04 Å². The number of aromatic nitrogens is 2. The maximum atomic E-state index is 4.19. The predicted octanol–water partition coefficient (Wildman–Crippen LogP) is 2.90. The van der Waals surface area contributed by atoms with Gasteiger partial charge in [-0.15, -0.1) is 0 Å². The summed E-state index contributed by atoms with van der Waals surface area (Å²) in [4.78, 5) is 12.6. The molecule has 1 aliphatic rings. The van der Waals surface area contributed by atoms with E-state index in [9.17, 15) is 0 Å². The van der Waals surface area contributed by atoms with E-state index in [1.165, 1.54) is 22.0 Å². The molecule has 1 unspecified atom stereocenters. The van der Waals surface area contributed by atoms with Crippen molar-refractivity contribution >= 4 is 10.9 Å². The minimum atomic E-state index is 0.280. The summed E-state index contributed by atoms with van der Waals surface area (Å²) in [6.45, 7) is 4.40. The lowest BCUT2D eigenvalue weighted by Gasteiger charge is -2.38. The van der Waals surface area contributed by atoms with Crippen molar-refractivity contribution < 1.29 is 0 Å². The number of pyridine rings is 1. The van der Waals surface area contributed by atoms with Gasteiger partial charge in [-0.3, -0.25) is 9.88 Å². The summed E-state index contributed by atoms with van der Waals surface area (Å²) in [6.07, 6.45) is 5.97. The molecule has 1 atom stereocenters. The second-order valence-electron chi connectivity index (χ2n) is 6.31. The highest BCUT2D eigenvalue weighted by molar-refractivity contribution is 5.84. The van der Waals surface area contributed by atoms with E-state index in [2.05, 4.69) is 69.4 Å².